The minimum Gasteiger partial charge on any atom is -0.465 e. The summed E-state index contributed by atoms with van der Waals surface area (Å²) >= 11 is 0. The predicted molar refractivity (Wildman–Crippen MR) is 153 cm³/mol. The topological polar surface area (TPSA) is 67.8 Å². The van der Waals surface area contributed by atoms with Crippen LogP contribution in [0.4, 0.5) is 0 Å². The van der Waals surface area contributed by atoms with Crippen LogP contribution in [0, 0.1) is 12.8 Å². The Kier molecular flexibility index (Phi) is 9.45. The molecule has 2 unspecified atom stereocenters. The van der Waals surface area contributed by atoms with Gasteiger partial charge in [0, 0.05) is 18.0 Å². The Labute approximate surface area is 228 Å². The first-order valence-corrected chi connectivity index (χ1v) is 14.1. The lowest BCUT2D eigenvalue weighted by atomic mass is 9.82. The molecule has 0 radical (unpaired) electrons. The van der Waals surface area contributed by atoms with Gasteiger partial charge in [-0.05, 0) is 100 Å². The highest BCUT2D eigenvalue weighted by Crippen LogP contribution is 2.40. The molecule has 0 spiro atoms. The summed E-state index contributed by atoms with van der Waals surface area (Å²) in [6.07, 6.45) is 17.1. The molecule has 5 nitrogen and oxygen atoms in total. The van der Waals surface area contributed by atoms with E-state index >= 15 is 0 Å². The van der Waals surface area contributed by atoms with Crippen molar-refractivity contribution in [2.75, 3.05) is 20.3 Å². The molecule has 4 atom stereocenters. The number of aliphatic hydroxyl groups excluding tert-OH is 1. The quantitative estimate of drug-likeness (QED) is 0.334. The molecule has 0 bridgehead atoms. The summed E-state index contributed by atoms with van der Waals surface area (Å²) in [6.45, 7) is 9.28. The first-order chi connectivity index (χ1) is 18.2. The van der Waals surface area contributed by atoms with Gasteiger partial charge in [-0.2, -0.15) is 0 Å². The number of β-amino-alcohol motifs (C(OH)–C–C–N with tert-alkyl or cyclic N) is 1. The van der Waals surface area contributed by atoms with E-state index in [1.807, 2.05) is 19.1 Å². The van der Waals surface area contributed by atoms with Crippen molar-refractivity contribution in [2.24, 2.45) is 5.92 Å². The molecule has 1 aromatic rings. The summed E-state index contributed by atoms with van der Waals surface area (Å²) in [5.74, 6) is 0.550. The van der Waals surface area contributed by atoms with E-state index in [1.165, 1.54) is 38.4 Å². The summed E-state index contributed by atoms with van der Waals surface area (Å²) in [5.41, 5.74) is 7.04. The highest BCUT2D eigenvalue weighted by molar-refractivity contribution is 5.91. The maximum Gasteiger partial charge on any atom is 0.338 e. The number of hydrogen-bond acceptors (Lipinski definition) is 5. The summed E-state index contributed by atoms with van der Waals surface area (Å²) in [5, 5.41) is 14.3. The van der Waals surface area contributed by atoms with Crippen molar-refractivity contribution in [1.29, 1.82) is 0 Å². The third kappa shape index (κ3) is 7.13. The Morgan fingerprint density at radius 3 is 2.79 bits per heavy atom. The zero-order valence-corrected chi connectivity index (χ0v) is 23.8. The molecule has 2 N–H and O–H groups in total. The number of nitrogens with one attached hydrogen (secondary N) is 1. The van der Waals surface area contributed by atoms with Crippen LogP contribution in [0.25, 0.3) is 0 Å². The number of carbonyl (C=O) groups is 1. The summed E-state index contributed by atoms with van der Waals surface area (Å²) in [7, 11) is 1.41. The van der Waals surface area contributed by atoms with Gasteiger partial charge in [0.2, 0.25) is 0 Å². The molecule has 0 fully saturated rings. The van der Waals surface area contributed by atoms with Crippen LogP contribution < -0.4 is 5.32 Å². The van der Waals surface area contributed by atoms with Crippen molar-refractivity contribution in [1.82, 2.24) is 5.32 Å². The van der Waals surface area contributed by atoms with Gasteiger partial charge in [0.15, 0.2) is 0 Å². The lowest BCUT2D eigenvalue weighted by Gasteiger charge is -2.31. The molecule has 0 heterocycles. The number of benzene rings is 1. The zero-order chi connectivity index (χ0) is 27.3. The third-order valence-electron chi connectivity index (χ3n) is 8.31. The van der Waals surface area contributed by atoms with Crippen molar-refractivity contribution in [3.63, 3.8) is 0 Å². The molecular weight excluding hydrogens is 474 g/mol. The van der Waals surface area contributed by atoms with Crippen molar-refractivity contribution in [3.05, 3.63) is 82.0 Å². The number of methoxy groups -OCH3 is 1. The van der Waals surface area contributed by atoms with E-state index in [1.54, 1.807) is 11.1 Å². The van der Waals surface area contributed by atoms with E-state index in [4.69, 9.17) is 9.47 Å². The van der Waals surface area contributed by atoms with Crippen LogP contribution >= 0.6 is 0 Å². The Bertz CT molecular complexity index is 1130. The average molecular weight is 520 g/mol. The van der Waals surface area contributed by atoms with Gasteiger partial charge in [-0.3, -0.25) is 0 Å². The summed E-state index contributed by atoms with van der Waals surface area (Å²) in [4.78, 5) is 12.0. The average Bonchev–Trinajstić information content (AvgIpc) is 3.31. The predicted octanol–water partition coefficient (Wildman–Crippen LogP) is 6.33. The molecule has 0 saturated heterocycles. The molecule has 4 rings (SSSR count). The molecule has 0 aromatic heterocycles. The molecule has 3 aliphatic carbocycles. The number of rotatable bonds is 11. The molecular formula is C33H45NO4. The summed E-state index contributed by atoms with van der Waals surface area (Å²) in [6, 6.07) is 5.93. The Morgan fingerprint density at radius 1 is 1.24 bits per heavy atom. The second-order valence-corrected chi connectivity index (χ2v) is 11.9. The molecule has 0 aliphatic heterocycles. The Balaban J connectivity index is 1.26. The standard InChI is InChI=1S/C33H45NO4/c1-22-16-27(14-15-29(22)32(36)37-5)31-13-9-8-12-30(31)23(2)38-21-28(35)20-34-33(3,4)19-24-17-25-10-6-7-11-26(25)18-24/h6,8-10,12,14-16,23-24,28,31,34-35H,7,11,13,17-21H2,1-5H3/t23-,24?,28-,31?/m1/s1. The van der Waals surface area contributed by atoms with Gasteiger partial charge in [-0.1, -0.05) is 48.1 Å². The van der Waals surface area contributed by atoms with Gasteiger partial charge in [0.05, 0.1) is 31.5 Å². The van der Waals surface area contributed by atoms with Gasteiger partial charge >= 0.3 is 5.97 Å². The second-order valence-electron chi connectivity index (χ2n) is 11.9. The highest BCUT2D eigenvalue weighted by atomic mass is 16.5. The second kappa shape index (κ2) is 12.6. The first-order valence-electron chi connectivity index (χ1n) is 14.1. The van der Waals surface area contributed by atoms with Gasteiger partial charge in [0.1, 0.15) is 0 Å². The summed E-state index contributed by atoms with van der Waals surface area (Å²) < 4.78 is 11.1. The number of hydrogen-bond donors (Lipinski definition) is 2. The number of esters is 1. The zero-order valence-electron chi connectivity index (χ0n) is 23.8. The van der Waals surface area contributed by atoms with Crippen LogP contribution in [0.3, 0.4) is 0 Å². The van der Waals surface area contributed by atoms with E-state index in [0.29, 0.717) is 18.0 Å². The van der Waals surface area contributed by atoms with E-state index in [0.717, 1.165) is 24.0 Å². The van der Waals surface area contributed by atoms with Crippen LogP contribution in [0.15, 0.2) is 65.3 Å². The molecule has 38 heavy (non-hydrogen) atoms. The number of aliphatic hydroxyl groups is 1. The van der Waals surface area contributed by atoms with Crippen molar-refractivity contribution in [3.8, 4) is 0 Å². The van der Waals surface area contributed by atoms with Crippen molar-refractivity contribution in [2.45, 2.75) is 89.9 Å². The molecule has 206 valence electrons. The monoisotopic (exact) mass is 519 g/mol. The fourth-order valence-electron chi connectivity index (χ4n) is 6.32. The van der Waals surface area contributed by atoms with Gasteiger partial charge in [-0.25, -0.2) is 4.79 Å². The fraction of sp³-hybridized carbons (Fsp3) is 0.545. The van der Waals surface area contributed by atoms with Crippen LogP contribution in [0.2, 0.25) is 0 Å². The SMILES string of the molecule is COC(=O)c1ccc(C2CC=CC=C2[C@@H](C)OC[C@H](O)CNC(C)(C)CC2CC3=C(CCC=C3)C2)cc1C. The van der Waals surface area contributed by atoms with E-state index in [2.05, 4.69) is 62.5 Å². The molecule has 3 aliphatic rings. The maximum absolute atomic E-state index is 12.0. The molecule has 1 aromatic carbocycles. The smallest absolute Gasteiger partial charge is 0.338 e. The van der Waals surface area contributed by atoms with Crippen LogP contribution in [0.1, 0.15) is 86.7 Å². The highest BCUT2D eigenvalue weighted by Gasteiger charge is 2.30. The number of ether oxygens (including phenoxy) is 2. The largest absolute Gasteiger partial charge is 0.465 e. The minimum atomic E-state index is -0.575. The van der Waals surface area contributed by atoms with Crippen molar-refractivity contribution < 1.29 is 19.4 Å². The first kappa shape index (κ1) is 28.5. The molecule has 5 heteroatoms. The number of aryl methyl sites for hydroxylation is 1. The van der Waals surface area contributed by atoms with Gasteiger partial charge in [0.25, 0.3) is 0 Å². The lowest BCUT2D eigenvalue weighted by molar-refractivity contribution is 0.00783. The normalized spacial score (nSPS) is 22.7. The number of carbonyl (C=O) groups excluding carboxylic acids is 1. The van der Waals surface area contributed by atoms with Crippen LogP contribution in [-0.2, 0) is 9.47 Å². The van der Waals surface area contributed by atoms with Crippen LogP contribution in [0.5, 0.6) is 0 Å². The molecule has 0 amide bonds. The third-order valence-corrected chi connectivity index (χ3v) is 8.31. The van der Waals surface area contributed by atoms with Crippen molar-refractivity contribution >= 4 is 5.97 Å². The Morgan fingerprint density at radius 2 is 2.05 bits per heavy atom. The Hall–Kier alpha value is -2.47. The minimum absolute atomic E-state index is 0.0361. The van der Waals surface area contributed by atoms with E-state index in [9.17, 15) is 9.90 Å². The number of allylic oxidation sites excluding steroid dienone is 7. The van der Waals surface area contributed by atoms with Crippen LogP contribution in [-0.4, -0.2) is 49.1 Å². The molecule has 0 saturated carbocycles. The fourth-order valence-corrected chi connectivity index (χ4v) is 6.32. The maximum atomic E-state index is 12.0. The van der Waals surface area contributed by atoms with E-state index in [-0.39, 0.29) is 30.1 Å². The van der Waals surface area contributed by atoms with E-state index < -0.39 is 6.10 Å². The lowest BCUT2D eigenvalue weighted by Crippen LogP contribution is -2.45. The van der Waals surface area contributed by atoms with Gasteiger partial charge in [-0.15, -0.1) is 0 Å². The van der Waals surface area contributed by atoms with Gasteiger partial charge < -0.3 is 19.9 Å².